The maximum absolute atomic E-state index is 12.9. The SMILES string of the molecule is Cc1ccc(COc2ccccc2[B-](F)(F)F)cc1C. The quantitative estimate of drug-likeness (QED) is 0.770. The van der Waals surface area contributed by atoms with E-state index in [2.05, 4.69) is 0 Å². The van der Waals surface area contributed by atoms with Gasteiger partial charge in [0, 0.05) is 0 Å². The van der Waals surface area contributed by atoms with Crippen LogP contribution in [0, 0.1) is 13.8 Å². The van der Waals surface area contributed by atoms with Crippen molar-refractivity contribution in [2.75, 3.05) is 0 Å². The lowest BCUT2D eigenvalue weighted by Crippen LogP contribution is -2.35. The highest BCUT2D eigenvalue weighted by Crippen LogP contribution is 2.19. The fourth-order valence-corrected chi connectivity index (χ4v) is 1.94. The molecule has 2 aromatic carbocycles. The summed E-state index contributed by atoms with van der Waals surface area (Å²) in [5.74, 6) is -0.113. The molecule has 2 rings (SSSR count). The molecule has 0 amide bonds. The second kappa shape index (κ2) is 5.61. The average molecular weight is 279 g/mol. The van der Waals surface area contributed by atoms with Crippen LogP contribution < -0.4 is 10.2 Å². The van der Waals surface area contributed by atoms with E-state index in [0.29, 0.717) is 0 Å². The van der Waals surface area contributed by atoms with Crippen LogP contribution in [0.15, 0.2) is 42.5 Å². The summed E-state index contributed by atoms with van der Waals surface area (Å²) in [6.45, 7) is -0.978. The highest BCUT2D eigenvalue weighted by Gasteiger charge is 2.28. The van der Waals surface area contributed by atoms with Gasteiger partial charge in [0.15, 0.2) is 0 Å². The molecule has 1 nitrogen and oxygen atoms in total. The zero-order chi connectivity index (χ0) is 14.8. The van der Waals surface area contributed by atoms with E-state index in [0.717, 1.165) is 22.8 Å². The van der Waals surface area contributed by atoms with Gasteiger partial charge < -0.3 is 17.7 Å². The molecule has 0 aromatic heterocycles. The molecular formula is C15H15BF3O-. The Bertz CT molecular complexity index is 608. The highest BCUT2D eigenvalue weighted by atomic mass is 19.4. The summed E-state index contributed by atoms with van der Waals surface area (Å²) in [4.78, 5) is 0. The first-order valence-corrected chi connectivity index (χ1v) is 6.36. The number of ether oxygens (including phenoxy) is 1. The van der Waals surface area contributed by atoms with Crippen molar-refractivity contribution in [3.8, 4) is 5.75 Å². The van der Waals surface area contributed by atoms with Crippen LogP contribution in [0.5, 0.6) is 5.75 Å². The van der Waals surface area contributed by atoms with E-state index in [1.54, 1.807) is 6.07 Å². The van der Waals surface area contributed by atoms with Crippen LogP contribution in [0.3, 0.4) is 0 Å². The maximum Gasteiger partial charge on any atom is 0.513 e. The summed E-state index contributed by atoms with van der Waals surface area (Å²) in [5.41, 5.74) is 2.42. The summed E-state index contributed by atoms with van der Waals surface area (Å²) in [6, 6.07) is 11.0. The normalized spacial score (nSPS) is 11.4. The van der Waals surface area contributed by atoms with Crippen LogP contribution in [-0.2, 0) is 6.61 Å². The molecular weight excluding hydrogens is 264 g/mol. The number of para-hydroxylation sites is 1. The van der Waals surface area contributed by atoms with E-state index in [4.69, 9.17) is 4.74 Å². The van der Waals surface area contributed by atoms with Gasteiger partial charge in [-0.05, 0) is 36.6 Å². The largest absolute Gasteiger partial charge is 0.513 e. The Labute approximate surface area is 116 Å². The summed E-state index contributed by atoms with van der Waals surface area (Å²) < 4.78 is 44.0. The number of rotatable bonds is 4. The van der Waals surface area contributed by atoms with Gasteiger partial charge in [0.05, 0.1) is 5.75 Å². The molecule has 0 radical (unpaired) electrons. The molecule has 0 N–H and O–H groups in total. The topological polar surface area (TPSA) is 9.23 Å². The van der Waals surface area contributed by atoms with E-state index in [1.165, 1.54) is 12.1 Å². The van der Waals surface area contributed by atoms with Crippen molar-refractivity contribution >= 4 is 12.4 Å². The van der Waals surface area contributed by atoms with Crippen molar-refractivity contribution in [3.05, 3.63) is 59.2 Å². The van der Waals surface area contributed by atoms with Crippen molar-refractivity contribution in [1.82, 2.24) is 0 Å². The Morgan fingerprint density at radius 2 is 1.65 bits per heavy atom. The molecule has 0 saturated heterocycles. The average Bonchev–Trinajstić information content (AvgIpc) is 2.39. The Hall–Kier alpha value is -1.91. The number of aryl methyl sites for hydroxylation is 2. The van der Waals surface area contributed by atoms with Gasteiger partial charge in [0.1, 0.15) is 6.61 Å². The zero-order valence-electron chi connectivity index (χ0n) is 11.4. The van der Waals surface area contributed by atoms with Crippen LogP contribution in [0.1, 0.15) is 16.7 Å². The third-order valence-corrected chi connectivity index (χ3v) is 3.24. The van der Waals surface area contributed by atoms with Crippen LogP contribution in [-0.4, -0.2) is 6.98 Å². The van der Waals surface area contributed by atoms with Gasteiger partial charge in [0.25, 0.3) is 0 Å². The Morgan fingerprint density at radius 1 is 0.950 bits per heavy atom. The lowest BCUT2D eigenvalue weighted by Gasteiger charge is -2.19. The minimum Gasteiger partial charge on any atom is -0.492 e. The first kappa shape index (κ1) is 14.5. The predicted octanol–water partition coefficient (Wildman–Crippen LogP) is 3.94. The first-order valence-electron chi connectivity index (χ1n) is 6.36. The fourth-order valence-electron chi connectivity index (χ4n) is 1.94. The molecule has 0 aliphatic heterocycles. The second-order valence-corrected chi connectivity index (χ2v) is 4.82. The lowest BCUT2D eigenvalue weighted by atomic mass is 9.79. The molecule has 0 atom stereocenters. The zero-order valence-corrected chi connectivity index (χ0v) is 11.4. The van der Waals surface area contributed by atoms with E-state index in [9.17, 15) is 12.9 Å². The van der Waals surface area contributed by atoms with Crippen LogP contribution in [0.4, 0.5) is 12.9 Å². The molecule has 2 aromatic rings. The van der Waals surface area contributed by atoms with E-state index >= 15 is 0 Å². The smallest absolute Gasteiger partial charge is 0.492 e. The number of benzene rings is 2. The van der Waals surface area contributed by atoms with Crippen LogP contribution in [0.25, 0.3) is 0 Å². The van der Waals surface area contributed by atoms with Gasteiger partial charge in [-0.15, -0.1) is 0 Å². The molecule has 0 aliphatic rings. The predicted molar refractivity (Wildman–Crippen MR) is 75.4 cm³/mol. The fraction of sp³-hybridized carbons (Fsp3) is 0.200. The molecule has 0 fully saturated rings. The molecule has 5 heteroatoms. The molecule has 106 valence electrons. The van der Waals surface area contributed by atoms with E-state index < -0.39 is 12.4 Å². The maximum atomic E-state index is 12.9. The number of hydrogen-bond donors (Lipinski definition) is 0. The van der Waals surface area contributed by atoms with Crippen molar-refractivity contribution < 1.29 is 17.7 Å². The molecule has 0 spiro atoms. The second-order valence-electron chi connectivity index (χ2n) is 4.82. The molecule has 0 heterocycles. The third kappa shape index (κ3) is 3.35. The molecule has 20 heavy (non-hydrogen) atoms. The standard InChI is InChI=1S/C15H15BF3O/c1-11-7-8-13(9-12(11)2)10-20-15-6-4-3-5-14(15)16(17,18)19/h3-9H,10H2,1-2H3/q-1. The molecule has 0 bridgehead atoms. The first-order chi connectivity index (χ1) is 9.38. The van der Waals surface area contributed by atoms with Crippen molar-refractivity contribution in [1.29, 1.82) is 0 Å². The summed E-state index contributed by atoms with van der Waals surface area (Å²) in [5, 5.41) is 0. The Kier molecular flexibility index (Phi) is 4.07. The van der Waals surface area contributed by atoms with Crippen molar-refractivity contribution in [2.24, 2.45) is 0 Å². The summed E-state index contributed by atoms with van der Waals surface area (Å²) in [6.07, 6.45) is 0. The Balaban J connectivity index is 2.17. The van der Waals surface area contributed by atoms with Crippen LogP contribution in [0.2, 0.25) is 0 Å². The van der Waals surface area contributed by atoms with Gasteiger partial charge >= 0.3 is 6.98 Å². The monoisotopic (exact) mass is 279 g/mol. The lowest BCUT2D eigenvalue weighted by molar-refractivity contribution is 0.307. The van der Waals surface area contributed by atoms with E-state index in [1.807, 2.05) is 32.0 Å². The van der Waals surface area contributed by atoms with Crippen molar-refractivity contribution in [3.63, 3.8) is 0 Å². The minimum absolute atomic E-state index is 0.113. The van der Waals surface area contributed by atoms with Crippen molar-refractivity contribution in [2.45, 2.75) is 20.5 Å². The van der Waals surface area contributed by atoms with Gasteiger partial charge in [0.2, 0.25) is 0 Å². The highest BCUT2D eigenvalue weighted by molar-refractivity contribution is 6.74. The molecule has 0 saturated carbocycles. The third-order valence-electron chi connectivity index (χ3n) is 3.24. The minimum atomic E-state index is -5.06. The number of hydrogen-bond acceptors (Lipinski definition) is 1. The van der Waals surface area contributed by atoms with Gasteiger partial charge in [-0.2, -0.15) is 0 Å². The van der Waals surface area contributed by atoms with E-state index in [-0.39, 0.29) is 12.4 Å². The van der Waals surface area contributed by atoms with Gasteiger partial charge in [-0.3, -0.25) is 0 Å². The molecule has 0 aliphatic carbocycles. The van der Waals surface area contributed by atoms with Crippen LogP contribution >= 0.6 is 0 Å². The van der Waals surface area contributed by atoms with Gasteiger partial charge in [-0.25, -0.2) is 0 Å². The summed E-state index contributed by atoms with van der Waals surface area (Å²) in [7, 11) is 0. The molecule has 0 unspecified atom stereocenters. The summed E-state index contributed by atoms with van der Waals surface area (Å²) >= 11 is 0. The number of halogens is 3. The van der Waals surface area contributed by atoms with Gasteiger partial charge in [-0.1, -0.05) is 41.9 Å². The Morgan fingerprint density at radius 3 is 2.30 bits per heavy atom.